The topological polar surface area (TPSA) is 270 Å². The van der Waals surface area contributed by atoms with E-state index in [0.717, 1.165) is 11.5 Å². The second-order valence-electron chi connectivity index (χ2n) is 6.74. The van der Waals surface area contributed by atoms with E-state index in [-0.39, 0.29) is 11.5 Å². The van der Waals surface area contributed by atoms with E-state index in [4.69, 9.17) is 26.7 Å². The molecule has 0 aromatic carbocycles. The second-order valence-corrected chi connectivity index (χ2v) is 11.1. The summed E-state index contributed by atoms with van der Waals surface area (Å²) in [6.07, 6.45) is -2.01. The minimum atomic E-state index is -5.80. The van der Waals surface area contributed by atoms with Gasteiger partial charge < -0.3 is 40.3 Å². The average Bonchev–Trinajstić information content (AvgIpc) is 2.83. The van der Waals surface area contributed by atoms with Crippen LogP contribution < -0.4 is 11.4 Å². The van der Waals surface area contributed by atoms with Gasteiger partial charge >= 0.3 is 29.2 Å². The van der Waals surface area contributed by atoms with Gasteiger partial charge in [-0.25, -0.2) is 18.5 Å². The molecule has 1 aliphatic heterocycles. The molecule has 2 rings (SSSR count). The number of nitrogen functional groups attached to an aromatic ring is 1. The summed E-state index contributed by atoms with van der Waals surface area (Å²) in [6.45, 7) is 2.37. The number of phosphoric ester groups is 1. The van der Waals surface area contributed by atoms with E-state index in [9.17, 15) is 38.5 Å². The van der Waals surface area contributed by atoms with Crippen LogP contribution in [-0.4, -0.2) is 63.3 Å². The molecular formula is C13H20N3O14P3. The van der Waals surface area contributed by atoms with Crippen LogP contribution in [0.4, 0.5) is 5.82 Å². The maximum atomic E-state index is 12.3. The summed E-state index contributed by atoms with van der Waals surface area (Å²) < 4.78 is 52.1. The molecule has 17 nitrogen and oxygen atoms in total. The Kier molecular flexibility index (Phi) is 7.82. The number of ether oxygens (including phenoxy) is 1. The summed E-state index contributed by atoms with van der Waals surface area (Å²) in [5.41, 5.74) is 1.98. The molecule has 4 unspecified atom stereocenters. The molecule has 33 heavy (non-hydrogen) atoms. The van der Waals surface area contributed by atoms with Gasteiger partial charge in [-0.15, -0.1) is 6.42 Å². The number of aliphatic hydroxyl groups excluding tert-OH is 1. The van der Waals surface area contributed by atoms with E-state index in [2.05, 4.69) is 18.1 Å². The number of hydrogen-bond acceptors (Lipinski definition) is 12. The highest BCUT2D eigenvalue weighted by atomic mass is 31.3. The normalized spacial score (nSPS) is 30.2. The zero-order chi connectivity index (χ0) is 25.6. The lowest BCUT2D eigenvalue weighted by Gasteiger charge is -2.27. The fraction of sp³-hybridized carbons (Fsp3) is 0.538. The predicted octanol–water partition coefficient (Wildman–Crippen LogP) is -1.51. The molecule has 1 aromatic rings. The van der Waals surface area contributed by atoms with Gasteiger partial charge in [-0.1, -0.05) is 5.92 Å². The fourth-order valence-corrected chi connectivity index (χ4v) is 6.19. The van der Waals surface area contributed by atoms with Gasteiger partial charge in [0.1, 0.15) is 18.0 Å². The molecule has 0 radical (unpaired) electrons. The molecule has 1 saturated heterocycles. The summed E-state index contributed by atoms with van der Waals surface area (Å²) in [7, 11) is -17.0. The van der Waals surface area contributed by atoms with Crippen molar-refractivity contribution in [3.8, 4) is 12.3 Å². The minimum absolute atomic E-state index is 0.111. The van der Waals surface area contributed by atoms with Crippen molar-refractivity contribution in [2.24, 2.45) is 0 Å². The third kappa shape index (κ3) is 6.36. The molecule has 0 aliphatic carbocycles. The Morgan fingerprint density at radius 2 is 1.85 bits per heavy atom. The van der Waals surface area contributed by atoms with Crippen LogP contribution in [0.5, 0.6) is 0 Å². The maximum absolute atomic E-state index is 12.3. The number of phosphoric acid groups is 3. The fourth-order valence-electron chi connectivity index (χ4n) is 2.99. The first-order chi connectivity index (χ1) is 14.8. The number of terminal acetylenes is 1. The van der Waals surface area contributed by atoms with Crippen molar-refractivity contribution < 1.29 is 61.4 Å². The number of nitrogens with zero attached hydrogens (tertiary/aromatic N) is 2. The van der Waals surface area contributed by atoms with Gasteiger partial charge in [-0.2, -0.15) is 13.6 Å². The van der Waals surface area contributed by atoms with Crippen LogP contribution in [-0.2, 0) is 31.6 Å². The molecular weight excluding hydrogens is 515 g/mol. The number of anilines is 1. The molecule has 8 N–H and O–H groups in total. The van der Waals surface area contributed by atoms with E-state index in [1.165, 1.54) is 13.0 Å². The summed E-state index contributed by atoms with van der Waals surface area (Å²) in [6, 6.07) is 1.23. The molecule has 1 aromatic heterocycles. The maximum Gasteiger partial charge on any atom is 0.490 e. The number of nitrogens with two attached hydrogens (primary N) is 1. The number of aromatic nitrogens is 2. The zero-order valence-electron chi connectivity index (χ0n) is 16.7. The first-order valence-corrected chi connectivity index (χ1v) is 13.1. The van der Waals surface area contributed by atoms with Gasteiger partial charge in [0.15, 0.2) is 11.8 Å². The highest BCUT2D eigenvalue weighted by Crippen LogP contribution is 2.66. The third-order valence-corrected chi connectivity index (χ3v) is 8.16. The minimum Gasteiger partial charge on any atom is -0.386 e. The number of aliphatic hydroxyl groups is 2. The van der Waals surface area contributed by atoms with Crippen molar-refractivity contribution in [2.75, 3.05) is 5.73 Å². The molecule has 20 heteroatoms. The monoisotopic (exact) mass is 535 g/mol. The van der Waals surface area contributed by atoms with E-state index < -0.39 is 59.3 Å². The smallest absolute Gasteiger partial charge is 0.386 e. The molecule has 7 atom stereocenters. The van der Waals surface area contributed by atoms with Gasteiger partial charge in [0.2, 0.25) is 0 Å². The molecule has 1 fully saturated rings. The molecule has 0 bridgehead atoms. The number of hydrogen-bond donors (Lipinski definition) is 7. The van der Waals surface area contributed by atoms with Gasteiger partial charge in [0.05, 0.1) is 6.10 Å². The lowest BCUT2D eigenvalue weighted by atomic mass is 9.93. The van der Waals surface area contributed by atoms with E-state index in [0.29, 0.717) is 0 Å². The lowest BCUT2D eigenvalue weighted by Crippen LogP contribution is -2.49. The number of aryl methyl sites for hydroxylation is 1. The Hall–Kier alpha value is -1.47. The second kappa shape index (κ2) is 9.29. The Labute approximate surface area is 185 Å². The zero-order valence-corrected chi connectivity index (χ0v) is 19.4. The first-order valence-electron chi connectivity index (χ1n) is 8.53. The Morgan fingerprint density at radius 1 is 1.27 bits per heavy atom. The van der Waals surface area contributed by atoms with Crippen LogP contribution in [0.1, 0.15) is 18.8 Å². The van der Waals surface area contributed by atoms with E-state index >= 15 is 0 Å². The van der Waals surface area contributed by atoms with Crippen molar-refractivity contribution in [1.29, 1.82) is 0 Å². The quantitative estimate of drug-likeness (QED) is 0.147. The van der Waals surface area contributed by atoms with Gasteiger partial charge in [-0.05, 0) is 19.9 Å². The standard InChI is InChI=1S/C13H20N3O14P3/c1-4-13(19)10(17)9(27-11(13)16-6(2)5-8(14)15-12(16)18)7(3)28-32(23,24)30-33(25,26)29-31(20,21)22/h1,5,7,9-11,17,19H,2-3H3,(H,23,24)(H,25,26)(H2,14,15,18)(H2,20,21,22)/t7-,9?,10?,11-,13-/m1/s1. The van der Waals surface area contributed by atoms with Crippen molar-refractivity contribution in [3.63, 3.8) is 0 Å². The summed E-state index contributed by atoms with van der Waals surface area (Å²) in [4.78, 5) is 51.8. The first kappa shape index (κ1) is 27.8. The number of rotatable bonds is 8. The average molecular weight is 535 g/mol. The SMILES string of the molecule is C#C[C@@]1(O)C(O)C([C@@H](C)OP(=O)(O)OP(=O)(O)OP(=O)(O)O)O[C@H]1n1c(C)cc(N)nc1=O. The molecule has 0 saturated carbocycles. The van der Waals surface area contributed by atoms with Crippen LogP contribution in [0.3, 0.4) is 0 Å². The van der Waals surface area contributed by atoms with Crippen LogP contribution in [0.25, 0.3) is 0 Å². The predicted molar refractivity (Wildman–Crippen MR) is 106 cm³/mol. The Bertz CT molecular complexity index is 1160. The van der Waals surface area contributed by atoms with E-state index in [1.807, 2.05) is 5.92 Å². The van der Waals surface area contributed by atoms with Crippen LogP contribution in [0, 0.1) is 19.3 Å². The summed E-state index contributed by atoms with van der Waals surface area (Å²) in [5.74, 6) is 1.71. The molecule has 0 amide bonds. The molecule has 1 aliphatic rings. The molecule has 0 spiro atoms. The van der Waals surface area contributed by atoms with Crippen molar-refractivity contribution in [2.45, 2.75) is 44.0 Å². The van der Waals surface area contributed by atoms with Crippen LogP contribution >= 0.6 is 23.5 Å². The van der Waals surface area contributed by atoms with Gasteiger partial charge in [0, 0.05) is 5.69 Å². The Balaban J connectivity index is 2.32. The van der Waals surface area contributed by atoms with Crippen LogP contribution in [0.2, 0.25) is 0 Å². The highest BCUT2D eigenvalue weighted by Gasteiger charge is 2.58. The Morgan fingerprint density at radius 3 is 2.33 bits per heavy atom. The molecule has 186 valence electrons. The largest absolute Gasteiger partial charge is 0.490 e. The van der Waals surface area contributed by atoms with Gasteiger partial charge in [-0.3, -0.25) is 9.09 Å². The van der Waals surface area contributed by atoms with Crippen molar-refractivity contribution in [3.05, 3.63) is 22.2 Å². The van der Waals surface area contributed by atoms with Crippen molar-refractivity contribution in [1.82, 2.24) is 9.55 Å². The lowest BCUT2D eigenvalue weighted by molar-refractivity contribution is -0.0876. The molecule has 2 heterocycles. The van der Waals surface area contributed by atoms with E-state index in [1.54, 1.807) is 0 Å². The van der Waals surface area contributed by atoms with Crippen molar-refractivity contribution >= 4 is 29.3 Å². The van der Waals surface area contributed by atoms with Gasteiger partial charge in [0.25, 0.3) is 0 Å². The summed E-state index contributed by atoms with van der Waals surface area (Å²) in [5, 5.41) is 21.3. The summed E-state index contributed by atoms with van der Waals surface area (Å²) >= 11 is 0. The third-order valence-electron chi connectivity index (χ3n) is 4.24. The highest BCUT2D eigenvalue weighted by molar-refractivity contribution is 7.66. The van der Waals surface area contributed by atoms with Crippen LogP contribution in [0.15, 0.2) is 10.9 Å².